The molecule has 2 fully saturated rings. The van der Waals surface area contributed by atoms with Gasteiger partial charge in [-0.25, -0.2) is 4.98 Å². The summed E-state index contributed by atoms with van der Waals surface area (Å²) in [6.07, 6.45) is 3.80. The monoisotopic (exact) mass is 308 g/mol. The summed E-state index contributed by atoms with van der Waals surface area (Å²) in [5.41, 5.74) is 1.10. The van der Waals surface area contributed by atoms with Gasteiger partial charge < -0.3 is 15.5 Å². The molecule has 6 heteroatoms. The van der Waals surface area contributed by atoms with Gasteiger partial charge in [0.05, 0.1) is 17.9 Å². The van der Waals surface area contributed by atoms with Crippen LogP contribution in [0.2, 0.25) is 0 Å². The lowest BCUT2D eigenvalue weighted by Gasteiger charge is -2.29. The number of rotatable bonds is 3. The van der Waals surface area contributed by atoms with E-state index in [1.54, 1.807) is 0 Å². The van der Waals surface area contributed by atoms with E-state index in [9.17, 15) is 15.0 Å². The SMILES string of the molecule is O=C(NC[C@H]1C[C@@H]2C[C@H]1[C@@H](O)[C@H]2O)c1nc2c(s1)CCC2. The largest absolute Gasteiger partial charge is 0.390 e. The van der Waals surface area contributed by atoms with Crippen LogP contribution in [0.4, 0.5) is 0 Å². The normalized spacial score (nSPS) is 37.0. The number of hydrogen-bond donors (Lipinski definition) is 3. The van der Waals surface area contributed by atoms with E-state index in [4.69, 9.17) is 0 Å². The van der Waals surface area contributed by atoms with E-state index in [0.717, 1.165) is 37.8 Å². The summed E-state index contributed by atoms with van der Waals surface area (Å²) in [5, 5.41) is 23.3. The fraction of sp³-hybridized carbons (Fsp3) is 0.733. The Balaban J connectivity index is 1.36. The van der Waals surface area contributed by atoms with E-state index >= 15 is 0 Å². The highest BCUT2D eigenvalue weighted by Crippen LogP contribution is 2.48. The maximum absolute atomic E-state index is 12.2. The topological polar surface area (TPSA) is 82.5 Å². The maximum atomic E-state index is 12.2. The van der Waals surface area contributed by atoms with Crippen molar-refractivity contribution in [3.63, 3.8) is 0 Å². The van der Waals surface area contributed by atoms with Gasteiger partial charge in [-0.1, -0.05) is 0 Å². The third-order valence-electron chi connectivity index (χ3n) is 5.37. The standard InChI is InChI=1S/C15H20N2O3S/c18-12-7-4-8(9(5-7)13(12)19)6-16-14(20)15-17-10-2-1-3-11(10)21-15/h7-9,12-13,18-19H,1-6H2,(H,16,20)/t7-,8-,9-,12+,13-/m1/s1. The molecule has 4 rings (SSSR count). The van der Waals surface area contributed by atoms with Gasteiger partial charge in [-0.05, 0) is 49.9 Å². The highest BCUT2D eigenvalue weighted by molar-refractivity contribution is 7.13. The smallest absolute Gasteiger partial charge is 0.280 e. The van der Waals surface area contributed by atoms with Gasteiger partial charge in [0.2, 0.25) is 0 Å². The van der Waals surface area contributed by atoms with E-state index < -0.39 is 12.2 Å². The molecule has 21 heavy (non-hydrogen) atoms. The lowest BCUT2D eigenvalue weighted by molar-refractivity contribution is -0.0332. The second kappa shape index (κ2) is 5.04. The maximum Gasteiger partial charge on any atom is 0.280 e. The number of fused-ring (bicyclic) bond motifs is 3. The molecule has 3 aliphatic carbocycles. The van der Waals surface area contributed by atoms with Crippen LogP contribution in [0.25, 0.3) is 0 Å². The molecule has 3 N–H and O–H groups in total. The molecule has 0 spiro atoms. The molecular weight excluding hydrogens is 288 g/mol. The molecule has 0 unspecified atom stereocenters. The summed E-state index contributed by atoms with van der Waals surface area (Å²) >= 11 is 1.52. The quantitative estimate of drug-likeness (QED) is 0.769. The molecular formula is C15H20N2O3S. The average Bonchev–Trinajstić information content (AvgIpc) is 3.18. The van der Waals surface area contributed by atoms with Gasteiger partial charge in [0.15, 0.2) is 5.01 Å². The van der Waals surface area contributed by atoms with Crippen molar-refractivity contribution in [1.82, 2.24) is 10.3 Å². The Morgan fingerprint density at radius 2 is 2.14 bits per heavy atom. The van der Waals surface area contributed by atoms with Crippen LogP contribution in [0.15, 0.2) is 0 Å². The molecule has 0 radical (unpaired) electrons. The molecule has 5 atom stereocenters. The Labute approximate surface area is 127 Å². The van der Waals surface area contributed by atoms with Crippen molar-refractivity contribution in [2.45, 2.75) is 44.3 Å². The first-order chi connectivity index (χ1) is 10.1. The number of aliphatic hydroxyl groups excluding tert-OH is 2. The highest BCUT2D eigenvalue weighted by Gasteiger charge is 2.51. The van der Waals surface area contributed by atoms with E-state index in [-0.39, 0.29) is 23.7 Å². The van der Waals surface area contributed by atoms with Crippen molar-refractivity contribution < 1.29 is 15.0 Å². The van der Waals surface area contributed by atoms with Gasteiger partial charge in [-0.3, -0.25) is 4.79 Å². The molecule has 2 bridgehead atoms. The van der Waals surface area contributed by atoms with Gasteiger partial charge in [0, 0.05) is 11.4 Å². The van der Waals surface area contributed by atoms with Crippen LogP contribution < -0.4 is 5.32 Å². The molecule has 0 saturated heterocycles. The summed E-state index contributed by atoms with van der Waals surface area (Å²) in [6, 6.07) is 0. The lowest BCUT2D eigenvalue weighted by Crippen LogP contribution is -2.41. The predicted molar refractivity (Wildman–Crippen MR) is 78.2 cm³/mol. The first-order valence-electron chi connectivity index (χ1n) is 7.76. The first-order valence-corrected chi connectivity index (χ1v) is 8.58. The number of nitrogens with one attached hydrogen (secondary N) is 1. The first kappa shape index (κ1) is 13.7. The van der Waals surface area contributed by atoms with Crippen LogP contribution in [-0.4, -0.2) is 39.9 Å². The minimum Gasteiger partial charge on any atom is -0.390 e. The van der Waals surface area contributed by atoms with Crippen LogP contribution in [-0.2, 0) is 12.8 Å². The third kappa shape index (κ3) is 2.20. The molecule has 0 aromatic carbocycles. The Kier molecular flexibility index (Phi) is 3.28. The summed E-state index contributed by atoms with van der Waals surface area (Å²) in [5.74, 6) is 0.526. The minimum atomic E-state index is -0.616. The minimum absolute atomic E-state index is 0.0905. The molecule has 1 amide bonds. The molecule has 3 aliphatic rings. The molecule has 1 aromatic heterocycles. The molecule has 0 aliphatic heterocycles. The third-order valence-corrected chi connectivity index (χ3v) is 6.53. The van der Waals surface area contributed by atoms with Gasteiger partial charge in [-0.15, -0.1) is 11.3 Å². The summed E-state index contributed by atoms with van der Waals surface area (Å²) in [4.78, 5) is 17.9. The van der Waals surface area contributed by atoms with Gasteiger partial charge in [-0.2, -0.15) is 0 Å². The molecule has 114 valence electrons. The fourth-order valence-electron chi connectivity index (χ4n) is 4.25. The van der Waals surface area contributed by atoms with Crippen LogP contribution in [0.3, 0.4) is 0 Å². The number of carbonyl (C=O) groups excluding carboxylic acids is 1. The van der Waals surface area contributed by atoms with Crippen molar-refractivity contribution in [2.75, 3.05) is 6.54 Å². The summed E-state index contributed by atoms with van der Waals surface area (Å²) in [6.45, 7) is 0.577. The van der Waals surface area contributed by atoms with E-state index in [0.29, 0.717) is 11.6 Å². The van der Waals surface area contributed by atoms with Gasteiger partial charge in [0.1, 0.15) is 0 Å². The average molecular weight is 308 g/mol. The van der Waals surface area contributed by atoms with Crippen molar-refractivity contribution in [3.8, 4) is 0 Å². The number of amides is 1. The number of carbonyl (C=O) groups is 1. The number of nitrogens with zero attached hydrogens (tertiary/aromatic N) is 1. The van der Waals surface area contributed by atoms with Crippen molar-refractivity contribution in [3.05, 3.63) is 15.6 Å². The van der Waals surface area contributed by atoms with Crippen LogP contribution >= 0.6 is 11.3 Å². The number of aryl methyl sites for hydroxylation is 2. The van der Waals surface area contributed by atoms with Crippen LogP contribution in [0, 0.1) is 17.8 Å². The number of aromatic nitrogens is 1. The molecule has 1 aromatic rings. The summed E-state index contributed by atoms with van der Waals surface area (Å²) < 4.78 is 0. The number of hydrogen-bond acceptors (Lipinski definition) is 5. The molecule has 2 saturated carbocycles. The van der Waals surface area contributed by atoms with Gasteiger partial charge in [0.25, 0.3) is 5.91 Å². The van der Waals surface area contributed by atoms with Crippen LogP contribution in [0.1, 0.15) is 39.6 Å². The van der Waals surface area contributed by atoms with Crippen molar-refractivity contribution >= 4 is 17.2 Å². The molecule has 1 heterocycles. The zero-order valence-electron chi connectivity index (χ0n) is 11.8. The van der Waals surface area contributed by atoms with E-state index in [2.05, 4.69) is 10.3 Å². The Bertz CT molecular complexity index is 550. The zero-order chi connectivity index (χ0) is 14.6. The Morgan fingerprint density at radius 1 is 1.29 bits per heavy atom. The Hall–Kier alpha value is -0.980. The second-order valence-electron chi connectivity index (χ2n) is 6.59. The summed E-state index contributed by atoms with van der Waals surface area (Å²) in [7, 11) is 0. The lowest BCUT2D eigenvalue weighted by atomic mass is 9.85. The number of aliphatic hydroxyl groups is 2. The second-order valence-corrected chi connectivity index (χ2v) is 7.67. The van der Waals surface area contributed by atoms with E-state index in [1.807, 2.05) is 0 Å². The molecule has 5 nitrogen and oxygen atoms in total. The van der Waals surface area contributed by atoms with Crippen molar-refractivity contribution in [1.29, 1.82) is 0 Å². The van der Waals surface area contributed by atoms with E-state index in [1.165, 1.54) is 16.2 Å². The highest BCUT2D eigenvalue weighted by atomic mass is 32.1. The van der Waals surface area contributed by atoms with Crippen molar-refractivity contribution in [2.24, 2.45) is 17.8 Å². The Morgan fingerprint density at radius 3 is 2.86 bits per heavy atom. The fourth-order valence-corrected chi connectivity index (χ4v) is 5.32. The van der Waals surface area contributed by atoms with Crippen LogP contribution in [0.5, 0.6) is 0 Å². The predicted octanol–water partition coefficient (Wildman–Crippen LogP) is 0.739. The number of thiazole rings is 1. The van der Waals surface area contributed by atoms with Gasteiger partial charge >= 0.3 is 0 Å². The zero-order valence-corrected chi connectivity index (χ0v) is 12.6.